The molecule has 0 radical (unpaired) electrons. The number of anilines is 1. The molecule has 2 aromatic heterocycles. The van der Waals surface area contributed by atoms with Gasteiger partial charge in [-0.25, -0.2) is 4.98 Å². The summed E-state index contributed by atoms with van der Waals surface area (Å²) in [6, 6.07) is 12.2. The molecule has 3 aromatic rings. The van der Waals surface area contributed by atoms with Crippen LogP contribution in [0, 0.1) is 11.3 Å². The Labute approximate surface area is 173 Å². The molecule has 4 rings (SSSR count). The van der Waals surface area contributed by atoms with E-state index in [1.807, 2.05) is 41.8 Å². The van der Waals surface area contributed by atoms with Crippen LogP contribution in [0.3, 0.4) is 0 Å². The van der Waals surface area contributed by atoms with E-state index in [1.54, 1.807) is 0 Å². The Morgan fingerprint density at radius 2 is 2.10 bits per heavy atom. The molecule has 1 aliphatic rings. The minimum absolute atomic E-state index is 0.177. The van der Waals surface area contributed by atoms with Crippen molar-refractivity contribution in [2.75, 3.05) is 11.1 Å². The fourth-order valence-electron chi connectivity index (χ4n) is 3.69. The highest BCUT2D eigenvalue weighted by atomic mass is 32.2. The van der Waals surface area contributed by atoms with Crippen molar-refractivity contribution >= 4 is 23.5 Å². The SMILES string of the molecule is CCc1nc(SCC(=O)Nc2c(C#N)c3c(n2-c2ccccc2)CCCC3)n[nH]1. The maximum Gasteiger partial charge on any atom is 0.236 e. The summed E-state index contributed by atoms with van der Waals surface area (Å²) in [4.78, 5) is 17.0. The predicted octanol–water partition coefficient (Wildman–Crippen LogP) is 3.64. The van der Waals surface area contributed by atoms with Crippen molar-refractivity contribution in [3.63, 3.8) is 0 Å². The lowest BCUT2D eigenvalue weighted by Gasteiger charge is -2.17. The van der Waals surface area contributed by atoms with E-state index in [-0.39, 0.29) is 11.7 Å². The van der Waals surface area contributed by atoms with E-state index in [4.69, 9.17) is 0 Å². The maximum atomic E-state index is 12.7. The van der Waals surface area contributed by atoms with E-state index in [1.165, 1.54) is 11.8 Å². The van der Waals surface area contributed by atoms with Crippen LogP contribution in [0.15, 0.2) is 35.5 Å². The van der Waals surface area contributed by atoms with E-state index in [2.05, 4.69) is 26.6 Å². The van der Waals surface area contributed by atoms with Gasteiger partial charge in [-0.3, -0.25) is 14.5 Å². The number of nitriles is 1. The summed E-state index contributed by atoms with van der Waals surface area (Å²) in [5.41, 5.74) is 3.72. The zero-order valence-electron chi connectivity index (χ0n) is 16.2. The zero-order valence-corrected chi connectivity index (χ0v) is 17.1. The van der Waals surface area contributed by atoms with Crippen LogP contribution in [0.1, 0.15) is 42.4 Å². The third kappa shape index (κ3) is 3.91. The minimum atomic E-state index is -0.179. The van der Waals surface area contributed by atoms with Gasteiger partial charge in [-0.05, 0) is 43.4 Å². The van der Waals surface area contributed by atoms with E-state index < -0.39 is 0 Å². The molecular weight excluding hydrogens is 384 g/mol. The van der Waals surface area contributed by atoms with Gasteiger partial charge in [0, 0.05) is 17.8 Å². The number of nitrogens with zero attached hydrogens (tertiary/aromatic N) is 4. The molecule has 2 heterocycles. The van der Waals surface area contributed by atoms with Crippen LogP contribution >= 0.6 is 11.8 Å². The number of hydrogen-bond acceptors (Lipinski definition) is 5. The first-order valence-electron chi connectivity index (χ1n) is 9.77. The number of para-hydroxylation sites is 1. The molecule has 7 nitrogen and oxygen atoms in total. The van der Waals surface area contributed by atoms with Crippen LogP contribution in [-0.2, 0) is 24.1 Å². The predicted molar refractivity (Wildman–Crippen MR) is 112 cm³/mol. The fraction of sp³-hybridized carbons (Fsp3) is 0.333. The topological polar surface area (TPSA) is 99.4 Å². The molecule has 0 atom stereocenters. The average molecular weight is 407 g/mol. The van der Waals surface area contributed by atoms with Gasteiger partial charge in [0.15, 0.2) is 0 Å². The summed E-state index contributed by atoms with van der Waals surface area (Å²) in [6.07, 6.45) is 4.69. The third-order valence-corrected chi connectivity index (χ3v) is 5.88. The van der Waals surface area contributed by atoms with Crippen molar-refractivity contribution in [1.29, 1.82) is 5.26 Å². The number of aromatic amines is 1. The number of amides is 1. The number of thioether (sulfide) groups is 1. The molecule has 1 aromatic carbocycles. The average Bonchev–Trinajstić information content (AvgIpc) is 3.34. The molecule has 0 saturated carbocycles. The van der Waals surface area contributed by atoms with E-state index in [0.29, 0.717) is 16.5 Å². The van der Waals surface area contributed by atoms with E-state index in [0.717, 1.165) is 54.9 Å². The maximum absolute atomic E-state index is 12.7. The summed E-state index contributed by atoms with van der Waals surface area (Å²) in [5, 5.41) is 20.3. The number of benzene rings is 1. The van der Waals surface area contributed by atoms with Crippen molar-refractivity contribution in [2.24, 2.45) is 0 Å². The molecule has 0 bridgehead atoms. The molecule has 148 valence electrons. The molecule has 0 aliphatic heterocycles. The van der Waals surface area contributed by atoms with Gasteiger partial charge in [0.25, 0.3) is 0 Å². The van der Waals surface area contributed by atoms with E-state index in [9.17, 15) is 10.1 Å². The Balaban J connectivity index is 1.63. The van der Waals surface area contributed by atoms with Crippen LogP contribution in [0.4, 0.5) is 5.82 Å². The van der Waals surface area contributed by atoms with Crippen molar-refractivity contribution in [1.82, 2.24) is 19.7 Å². The Kier molecular flexibility index (Phi) is 5.67. The van der Waals surface area contributed by atoms with Crippen molar-refractivity contribution in [3.05, 3.63) is 53.0 Å². The van der Waals surface area contributed by atoms with Gasteiger partial charge in [0.05, 0.1) is 11.3 Å². The number of carbonyl (C=O) groups excluding carboxylic acids is 1. The van der Waals surface area contributed by atoms with E-state index >= 15 is 0 Å². The molecule has 0 unspecified atom stereocenters. The highest BCUT2D eigenvalue weighted by molar-refractivity contribution is 7.99. The molecule has 1 amide bonds. The Hall–Kier alpha value is -3.05. The summed E-state index contributed by atoms with van der Waals surface area (Å²) in [7, 11) is 0. The molecule has 1 aliphatic carbocycles. The number of carbonyl (C=O) groups is 1. The highest BCUT2D eigenvalue weighted by Crippen LogP contribution is 2.35. The lowest BCUT2D eigenvalue weighted by atomic mass is 9.95. The van der Waals surface area contributed by atoms with Crippen LogP contribution in [0.2, 0.25) is 0 Å². The second-order valence-electron chi connectivity index (χ2n) is 6.89. The monoisotopic (exact) mass is 406 g/mol. The number of H-pyrrole nitrogens is 1. The number of nitrogens with one attached hydrogen (secondary N) is 2. The van der Waals surface area contributed by atoms with Gasteiger partial charge in [0.1, 0.15) is 17.7 Å². The van der Waals surface area contributed by atoms with Crippen LogP contribution in [0.5, 0.6) is 0 Å². The Morgan fingerprint density at radius 1 is 1.31 bits per heavy atom. The van der Waals surface area contributed by atoms with Crippen molar-refractivity contribution in [2.45, 2.75) is 44.2 Å². The fourth-order valence-corrected chi connectivity index (χ4v) is 4.31. The largest absolute Gasteiger partial charge is 0.310 e. The smallest absolute Gasteiger partial charge is 0.236 e. The molecular formula is C21H22N6OS. The lowest BCUT2D eigenvalue weighted by molar-refractivity contribution is -0.113. The summed E-state index contributed by atoms with van der Waals surface area (Å²) in [6.45, 7) is 1.99. The van der Waals surface area contributed by atoms with Crippen LogP contribution < -0.4 is 5.32 Å². The lowest BCUT2D eigenvalue weighted by Crippen LogP contribution is -2.18. The summed E-state index contributed by atoms with van der Waals surface area (Å²) in [5.74, 6) is 1.36. The first-order chi connectivity index (χ1) is 14.2. The van der Waals surface area contributed by atoms with Gasteiger partial charge in [-0.1, -0.05) is 36.9 Å². The summed E-state index contributed by atoms with van der Waals surface area (Å²) < 4.78 is 2.04. The minimum Gasteiger partial charge on any atom is -0.310 e. The molecule has 2 N–H and O–H groups in total. The van der Waals surface area contributed by atoms with Gasteiger partial charge in [0.2, 0.25) is 11.1 Å². The number of rotatable bonds is 6. The van der Waals surface area contributed by atoms with Crippen LogP contribution in [0.25, 0.3) is 5.69 Å². The normalized spacial score (nSPS) is 13.0. The highest BCUT2D eigenvalue weighted by Gasteiger charge is 2.26. The zero-order chi connectivity index (χ0) is 20.2. The molecule has 29 heavy (non-hydrogen) atoms. The van der Waals surface area contributed by atoms with Gasteiger partial charge < -0.3 is 5.32 Å². The number of aryl methyl sites for hydroxylation is 1. The van der Waals surface area contributed by atoms with Gasteiger partial charge >= 0.3 is 0 Å². The molecule has 0 fully saturated rings. The molecule has 8 heteroatoms. The second kappa shape index (κ2) is 8.53. The number of aromatic nitrogens is 4. The quantitative estimate of drug-likeness (QED) is 0.609. The Bertz CT molecular complexity index is 1060. The van der Waals surface area contributed by atoms with Gasteiger partial charge in [-0.15, -0.1) is 5.10 Å². The standard InChI is InChI=1S/C21H22N6OS/c1-2-18-23-21(26-25-18)29-13-19(28)24-20-16(12-22)15-10-6-7-11-17(15)27(20)14-8-4-3-5-9-14/h3-5,8-9H,2,6-7,10-11,13H2,1H3,(H,24,28)(H,23,25,26). The number of hydrogen-bond donors (Lipinski definition) is 2. The Morgan fingerprint density at radius 3 is 2.83 bits per heavy atom. The number of fused-ring (bicyclic) bond motifs is 1. The second-order valence-corrected chi connectivity index (χ2v) is 7.84. The van der Waals surface area contributed by atoms with Crippen LogP contribution in [-0.4, -0.2) is 31.4 Å². The van der Waals surface area contributed by atoms with Crippen molar-refractivity contribution in [3.8, 4) is 11.8 Å². The first kappa shape index (κ1) is 19.3. The van der Waals surface area contributed by atoms with Gasteiger partial charge in [-0.2, -0.15) is 5.26 Å². The summed E-state index contributed by atoms with van der Waals surface area (Å²) >= 11 is 1.28. The molecule has 0 spiro atoms. The first-order valence-corrected chi connectivity index (χ1v) is 10.8. The van der Waals surface area contributed by atoms with Crippen molar-refractivity contribution < 1.29 is 4.79 Å². The third-order valence-electron chi connectivity index (χ3n) is 5.03. The molecule has 0 saturated heterocycles.